The van der Waals surface area contributed by atoms with Crippen LogP contribution in [0, 0.1) is 0 Å². The molecule has 0 bridgehead atoms. The Morgan fingerprint density at radius 2 is 2.50 bits per heavy atom. The van der Waals surface area contributed by atoms with Crippen LogP contribution in [0.15, 0.2) is 9.28 Å². The number of hydrogen-bond acceptors (Lipinski definition) is 1. The molecule has 34 valence electrons. The van der Waals surface area contributed by atoms with Gasteiger partial charge in [-0.05, 0) is 6.72 Å². The van der Waals surface area contributed by atoms with E-state index in [4.69, 9.17) is 0 Å². The molecule has 0 fully saturated rings. The lowest BCUT2D eigenvalue weighted by molar-refractivity contribution is 0.919. The highest BCUT2D eigenvalue weighted by atomic mass is 31.1. The maximum absolute atomic E-state index is 10.9. The molecule has 0 radical (unpaired) electrons. The molecule has 0 N–H and O–H groups in total. The van der Waals surface area contributed by atoms with Gasteiger partial charge in [-0.2, -0.15) is 4.52 Å². The number of halogens is 1. The summed E-state index contributed by atoms with van der Waals surface area (Å²) in [5.41, 5.74) is 0. The summed E-state index contributed by atoms with van der Waals surface area (Å²) in [5, 5.41) is 0. The quantitative estimate of drug-likeness (QED) is 0.398. The Morgan fingerprint density at radius 3 is 2.67 bits per heavy atom. The molecule has 1 unspecified atom stereocenters. The molecule has 0 saturated heterocycles. The Bertz CT molecular complexity index is 62.6. The zero-order chi connectivity index (χ0) is 4.83. The topological polar surface area (TPSA) is 24.7 Å². The van der Waals surface area contributed by atoms with Crippen LogP contribution in [0.25, 0.3) is 0 Å². The normalized spacial score (nSPS) is 11.5. The molecule has 0 saturated carbocycles. The van der Waals surface area contributed by atoms with Crippen LogP contribution >= 0.6 is 17.6 Å². The molecule has 2 nitrogen and oxygen atoms in total. The molecule has 0 amide bonds. The van der Waals surface area contributed by atoms with Crippen molar-refractivity contribution in [3.8, 4) is 0 Å². The Kier molecular flexibility index (Phi) is 5.24. The van der Waals surface area contributed by atoms with Crippen molar-refractivity contribution in [1.29, 1.82) is 0 Å². The highest BCUT2D eigenvalue weighted by molar-refractivity contribution is 7.40. The lowest BCUT2D eigenvalue weighted by atomic mass is 11.8. The highest BCUT2D eigenvalue weighted by Crippen LogP contribution is 2.18. The molecule has 0 aromatic heterocycles. The molecule has 0 aliphatic carbocycles. The van der Waals surface area contributed by atoms with Crippen molar-refractivity contribution in [3.63, 3.8) is 0 Å². The summed E-state index contributed by atoms with van der Waals surface area (Å²) < 4.78 is 17.4. The Labute approximate surface area is 38.8 Å². The first-order chi connectivity index (χ1) is 2.91. The fourth-order valence-electron chi connectivity index (χ4n) is 0.0485. The van der Waals surface area contributed by atoms with Crippen molar-refractivity contribution >= 4 is 24.3 Å². The summed E-state index contributed by atoms with van der Waals surface area (Å²) >= 11 is 0. The molecular formula is CH3FN2P2. The number of nitrogens with zero attached hydrogens (tertiary/aromatic N) is 2. The molecule has 0 aliphatic heterocycles. The van der Waals surface area contributed by atoms with Gasteiger partial charge < -0.3 is 0 Å². The molecule has 0 rings (SSSR count). The van der Waals surface area contributed by atoms with E-state index >= 15 is 0 Å². The SMILES string of the molecule is C=N/P=N\PF. The van der Waals surface area contributed by atoms with Gasteiger partial charge in [-0.25, -0.2) is 8.96 Å². The van der Waals surface area contributed by atoms with Gasteiger partial charge in [0.05, 0.1) is 0 Å². The van der Waals surface area contributed by atoms with Crippen molar-refractivity contribution in [3.05, 3.63) is 0 Å². The molecule has 6 heavy (non-hydrogen) atoms. The molecule has 0 spiro atoms. The van der Waals surface area contributed by atoms with E-state index < -0.39 is 9.04 Å². The molecular weight excluding hydrogens is 121 g/mol. The lowest BCUT2D eigenvalue weighted by Crippen LogP contribution is -1.17. The van der Waals surface area contributed by atoms with Crippen LogP contribution in [-0.4, -0.2) is 6.72 Å². The second-order valence-electron chi connectivity index (χ2n) is 0.415. The standard InChI is InChI=1S/CH3FN2P2/c1-3-6-4-5-2/h5H,1H2. The molecule has 0 aliphatic rings. The summed E-state index contributed by atoms with van der Waals surface area (Å²) in [6, 6.07) is 0. The minimum atomic E-state index is -0.856. The van der Waals surface area contributed by atoms with Crippen LogP contribution < -0.4 is 0 Å². The van der Waals surface area contributed by atoms with Crippen LogP contribution in [0.1, 0.15) is 0 Å². The van der Waals surface area contributed by atoms with Crippen LogP contribution in [0.5, 0.6) is 0 Å². The second kappa shape index (κ2) is 5.13. The summed E-state index contributed by atoms with van der Waals surface area (Å²) in [7, 11) is -0.469. The van der Waals surface area contributed by atoms with Gasteiger partial charge in [0.25, 0.3) is 0 Å². The minimum absolute atomic E-state index is 0.388. The van der Waals surface area contributed by atoms with Crippen molar-refractivity contribution in [2.75, 3.05) is 0 Å². The van der Waals surface area contributed by atoms with E-state index in [1.807, 2.05) is 0 Å². The van der Waals surface area contributed by atoms with E-state index in [1.54, 1.807) is 0 Å². The summed E-state index contributed by atoms with van der Waals surface area (Å²) in [6.07, 6.45) is 0. The predicted octanol–water partition coefficient (Wildman–Crippen LogP) is 2.21. The zero-order valence-corrected chi connectivity index (χ0v) is 4.82. The van der Waals surface area contributed by atoms with E-state index in [-0.39, 0.29) is 0 Å². The second-order valence-corrected chi connectivity index (χ2v) is 1.85. The van der Waals surface area contributed by atoms with Gasteiger partial charge >= 0.3 is 0 Å². The maximum atomic E-state index is 10.9. The van der Waals surface area contributed by atoms with Gasteiger partial charge in [-0.1, -0.05) is 0 Å². The van der Waals surface area contributed by atoms with Crippen molar-refractivity contribution < 1.29 is 4.20 Å². The Morgan fingerprint density at radius 1 is 1.83 bits per heavy atom. The van der Waals surface area contributed by atoms with Gasteiger partial charge in [0, 0.05) is 0 Å². The van der Waals surface area contributed by atoms with Crippen molar-refractivity contribution in [1.82, 2.24) is 0 Å². The first-order valence-electron chi connectivity index (χ1n) is 1.13. The smallest absolute Gasteiger partial charge is 0.194 e. The van der Waals surface area contributed by atoms with Crippen LogP contribution in [-0.2, 0) is 0 Å². The average Bonchev–Trinajstić information content (AvgIpc) is 1.61. The summed E-state index contributed by atoms with van der Waals surface area (Å²) in [6.45, 7) is 3.08. The first-order valence-corrected chi connectivity index (χ1v) is 2.75. The van der Waals surface area contributed by atoms with Crippen LogP contribution in [0.4, 0.5) is 4.20 Å². The third-order valence-electron chi connectivity index (χ3n) is 0.146. The van der Waals surface area contributed by atoms with Gasteiger partial charge in [0.15, 0.2) is 17.6 Å². The third kappa shape index (κ3) is 4.13. The minimum Gasteiger partial charge on any atom is -0.225 e. The monoisotopic (exact) mass is 124 g/mol. The maximum Gasteiger partial charge on any atom is 0.194 e. The van der Waals surface area contributed by atoms with E-state index in [9.17, 15) is 4.20 Å². The van der Waals surface area contributed by atoms with Gasteiger partial charge in [-0.15, -0.1) is 0 Å². The highest BCUT2D eigenvalue weighted by Gasteiger charge is 1.61. The molecule has 5 heteroatoms. The van der Waals surface area contributed by atoms with Crippen LogP contribution in [0.3, 0.4) is 0 Å². The van der Waals surface area contributed by atoms with E-state index in [1.165, 1.54) is 0 Å². The first kappa shape index (κ1) is 6.13. The zero-order valence-electron chi connectivity index (χ0n) is 2.93. The van der Waals surface area contributed by atoms with Crippen LogP contribution in [0.2, 0.25) is 0 Å². The third-order valence-corrected chi connectivity index (χ3v) is 0.932. The van der Waals surface area contributed by atoms with Gasteiger partial charge in [0.2, 0.25) is 0 Å². The fourth-order valence-corrected chi connectivity index (χ4v) is 0.437. The van der Waals surface area contributed by atoms with Crippen molar-refractivity contribution in [2.45, 2.75) is 0 Å². The molecule has 0 aromatic rings. The lowest BCUT2D eigenvalue weighted by Gasteiger charge is -1.64. The van der Waals surface area contributed by atoms with E-state index in [0.717, 1.165) is 0 Å². The predicted molar refractivity (Wildman–Crippen MR) is 28.3 cm³/mol. The fraction of sp³-hybridized carbons (Fsp3) is 0. The Hall–Kier alpha value is 0.130. The Balaban J connectivity index is 2.94. The summed E-state index contributed by atoms with van der Waals surface area (Å²) in [5.74, 6) is 0. The average molecular weight is 124 g/mol. The number of rotatable bonds is 2. The molecule has 0 heterocycles. The summed E-state index contributed by atoms with van der Waals surface area (Å²) in [4.78, 5) is 0. The number of hydrogen-bond donors (Lipinski definition) is 0. The van der Waals surface area contributed by atoms with Crippen molar-refractivity contribution in [2.24, 2.45) is 9.28 Å². The largest absolute Gasteiger partial charge is 0.225 e. The van der Waals surface area contributed by atoms with Gasteiger partial charge in [0.1, 0.15) is 0 Å². The van der Waals surface area contributed by atoms with E-state index in [0.29, 0.717) is 8.52 Å². The van der Waals surface area contributed by atoms with E-state index in [2.05, 4.69) is 16.0 Å². The van der Waals surface area contributed by atoms with Gasteiger partial charge in [-0.3, -0.25) is 0 Å². The molecule has 0 aromatic carbocycles. The molecule has 1 atom stereocenters.